The summed E-state index contributed by atoms with van der Waals surface area (Å²) in [5.74, 6) is -0.360. The molecule has 1 aromatic heterocycles. The Morgan fingerprint density at radius 1 is 1.17 bits per heavy atom. The normalized spacial score (nSPS) is 17.7. The summed E-state index contributed by atoms with van der Waals surface area (Å²) in [6, 6.07) is 12.0. The van der Waals surface area contributed by atoms with Crippen molar-refractivity contribution in [1.29, 1.82) is 0 Å². The van der Waals surface area contributed by atoms with Gasteiger partial charge in [-0.3, -0.25) is 15.6 Å². The van der Waals surface area contributed by atoms with E-state index in [1.165, 1.54) is 35.6 Å². The largest absolute Gasteiger partial charge is 0.273 e. The zero-order chi connectivity index (χ0) is 21.3. The van der Waals surface area contributed by atoms with Gasteiger partial charge in [0.25, 0.3) is 5.91 Å². The summed E-state index contributed by atoms with van der Waals surface area (Å²) in [5, 5.41) is 0.589. The maximum atomic E-state index is 12.9. The van der Waals surface area contributed by atoms with Crippen LogP contribution in [0.1, 0.15) is 42.1 Å². The van der Waals surface area contributed by atoms with E-state index in [-0.39, 0.29) is 16.8 Å². The Kier molecular flexibility index (Phi) is 5.77. The molecule has 1 fully saturated rings. The highest BCUT2D eigenvalue weighted by atomic mass is 32.2. The van der Waals surface area contributed by atoms with E-state index in [1.807, 2.05) is 32.0 Å². The molecule has 2 aromatic carbocycles. The van der Waals surface area contributed by atoms with Crippen LogP contribution >= 0.6 is 11.3 Å². The number of anilines is 1. The van der Waals surface area contributed by atoms with E-state index in [2.05, 4.69) is 15.8 Å². The molecule has 2 N–H and O–H groups in total. The van der Waals surface area contributed by atoms with Gasteiger partial charge in [-0.25, -0.2) is 13.4 Å². The third-order valence-corrected chi connectivity index (χ3v) is 8.33. The Morgan fingerprint density at radius 2 is 1.93 bits per heavy atom. The van der Waals surface area contributed by atoms with Crippen molar-refractivity contribution < 1.29 is 13.2 Å². The molecule has 1 amide bonds. The van der Waals surface area contributed by atoms with Crippen molar-refractivity contribution in [2.45, 2.75) is 44.0 Å². The summed E-state index contributed by atoms with van der Waals surface area (Å²) in [7, 11) is -3.55. The van der Waals surface area contributed by atoms with Gasteiger partial charge in [0.1, 0.15) is 0 Å². The van der Waals surface area contributed by atoms with E-state index < -0.39 is 10.0 Å². The number of piperidine rings is 1. The molecule has 1 aliphatic rings. The maximum absolute atomic E-state index is 12.9. The number of sulfonamides is 1. The number of fused-ring (bicyclic) bond motifs is 1. The minimum Gasteiger partial charge on any atom is -0.273 e. The van der Waals surface area contributed by atoms with Crippen LogP contribution in [0.4, 0.5) is 5.13 Å². The van der Waals surface area contributed by atoms with Gasteiger partial charge in [0.2, 0.25) is 15.2 Å². The summed E-state index contributed by atoms with van der Waals surface area (Å²) >= 11 is 1.45. The number of hydrazine groups is 1. The van der Waals surface area contributed by atoms with Crippen LogP contribution in [0.15, 0.2) is 47.4 Å². The Bertz CT molecular complexity index is 1170. The zero-order valence-corrected chi connectivity index (χ0v) is 18.5. The standard InChI is InChI=1S/C21H24N4O3S2/c1-14-6-5-8-18-19(14)22-21(29-18)24-23-20(26)16-9-11-17(12-10-16)30(27,28)25-13-4-3-7-15(25)2/h5-6,8-12,15H,3-4,7,13H2,1-2H3,(H,22,24)(H,23,26)/t15-/m0/s1. The SMILES string of the molecule is Cc1cccc2sc(NNC(=O)c3ccc(S(=O)(=O)N4CCCC[C@@H]4C)cc3)nc12. The molecule has 4 rings (SSSR count). The van der Waals surface area contributed by atoms with Gasteiger partial charge in [-0.05, 0) is 62.6 Å². The Morgan fingerprint density at radius 3 is 2.63 bits per heavy atom. The highest BCUT2D eigenvalue weighted by Crippen LogP contribution is 2.28. The molecule has 7 nitrogen and oxygen atoms in total. The smallest absolute Gasteiger partial charge is 0.269 e. The maximum Gasteiger partial charge on any atom is 0.269 e. The van der Waals surface area contributed by atoms with Crippen molar-refractivity contribution in [1.82, 2.24) is 14.7 Å². The molecular formula is C21H24N4O3S2. The highest BCUT2D eigenvalue weighted by Gasteiger charge is 2.30. The number of hydrogen-bond donors (Lipinski definition) is 2. The van der Waals surface area contributed by atoms with Gasteiger partial charge >= 0.3 is 0 Å². The summed E-state index contributed by atoms with van der Waals surface area (Å²) in [5.41, 5.74) is 7.81. The van der Waals surface area contributed by atoms with Crippen LogP contribution in [0.25, 0.3) is 10.2 Å². The fourth-order valence-corrected chi connectivity index (χ4v) is 6.26. The first kappa shape index (κ1) is 20.8. The Labute approximate surface area is 180 Å². The number of carbonyl (C=O) groups is 1. The van der Waals surface area contributed by atoms with E-state index in [4.69, 9.17) is 0 Å². The Hall–Kier alpha value is -2.49. The van der Waals surface area contributed by atoms with Crippen molar-refractivity contribution >= 4 is 42.6 Å². The summed E-state index contributed by atoms with van der Waals surface area (Å²) in [6.45, 7) is 4.47. The number of benzene rings is 2. The summed E-state index contributed by atoms with van der Waals surface area (Å²) < 4.78 is 28.4. The average molecular weight is 445 g/mol. The number of amides is 1. The van der Waals surface area contributed by atoms with E-state index >= 15 is 0 Å². The molecule has 158 valence electrons. The van der Waals surface area contributed by atoms with E-state index in [0.717, 1.165) is 35.0 Å². The van der Waals surface area contributed by atoms with Gasteiger partial charge in [0.05, 0.1) is 15.1 Å². The number of rotatable bonds is 5. The molecule has 1 aliphatic heterocycles. The van der Waals surface area contributed by atoms with Crippen LogP contribution < -0.4 is 10.9 Å². The predicted octanol–water partition coefficient (Wildman–Crippen LogP) is 3.92. The second kappa shape index (κ2) is 8.33. The first-order valence-corrected chi connectivity index (χ1v) is 12.2. The minimum absolute atomic E-state index is 0.00614. The second-order valence-corrected chi connectivity index (χ2v) is 10.4. The fourth-order valence-electron chi connectivity index (χ4n) is 3.66. The van der Waals surface area contributed by atoms with Gasteiger partial charge < -0.3 is 0 Å². The van der Waals surface area contributed by atoms with Crippen molar-refractivity contribution in [2.24, 2.45) is 0 Å². The van der Waals surface area contributed by atoms with Crippen molar-refractivity contribution in [3.05, 3.63) is 53.6 Å². The van der Waals surface area contributed by atoms with Crippen molar-refractivity contribution in [2.75, 3.05) is 12.0 Å². The monoisotopic (exact) mass is 444 g/mol. The second-order valence-electron chi connectivity index (χ2n) is 7.50. The van der Waals surface area contributed by atoms with Gasteiger partial charge in [-0.1, -0.05) is 29.9 Å². The molecule has 0 spiro atoms. The first-order valence-electron chi connectivity index (χ1n) is 9.91. The van der Waals surface area contributed by atoms with Crippen LogP contribution in [0.3, 0.4) is 0 Å². The number of aromatic nitrogens is 1. The van der Waals surface area contributed by atoms with E-state index in [1.54, 1.807) is 4.31 Å². The summed E-state index contributed by atoms with van der Waals surface area (Å²) in [6.07, 6.45) is 2.80. The third kappa shape index (κ3) is 4.05. The number of aryl methyl sites for hydroxylation is 1. The quantitative estimate of drug-likeness (QED) is 0.582. The lowest BCUT2D eigenvalue weighted by molar-refractivity contribution is 0.0962. The first-order chi connectivity index (χ1) is 14.4. The van der Waals surface area contributed by atoms with Crippen LogP contribution in [-0.4, -0.2) is 36.2 Å². The third-order valence-electron chi connectivity index (χ3n) is 5.37. The molecular weight excluding hydrogens is 420 g/mol. The van der Waals surface area contributed by atoms with Gasteiger partial charge in [0, 0.05) is 18.2 Å². The van der Waals surface area contributed by atoms with Crippen molar-refractivity contribution in [3.8, 4) is 0 Å². The molecule has 0 radical (unpaired) electrons. The van der Waals surface area contributed by atoms with Crippen LogP contribution in [0.2, 0.25) is 0 Å². The van der Waals surface area contributed by atoms with Gasteiger partial charge in [0.15, 0.2) is 0 Å². The van der Waals surface area contributed by atoms with E-state index in [9.17, 15) is 13.2 Å². The highest BCUT2D eigenvalue weighted by molar-refractivity contribution is 7.89. The average Bonchev–Trinajstić information content (AvgIpc) is 3.17. The predicted molar refractivity (Wildman–Crippen MR) is 119 cm³/mol. The van der Waals surface area contributed by atoms with Gasteiger partial charge in [-0.2, -0.15) is 4.31 Å². The number of nitrogens with zero attached hydrogens (tertiary/aromatic N) is 2. The number of thiazole rings is 1. The molecule has 2 heterocycles. The molecule has 1 atom stereocenters. The van der Waals surface area contributed by atoms with Crippen LogP contribution in [-0.2, 0) is 10.0 Å². The molecule has 1 saturated heterocycles. The molecule has 0 bridgehead atoms. The fraction of sp³-hybridized carbons (Fsp3) is 0.333. The lowest BCUT2D eigenvalue weighted by Crippen LogP contribution is -2.41. The number of hydrogen-bond acceptors (Lipinski definition) is 6. The lowest BCUT2D eigenvalue weighted by atomic mass is 10.1. The number of para-hydroxylation sites is 1. The minimum atomic E-state index is -3.55. The lowest BCUT2D eigenvalue weighted by Gasteiger charge is -2.32. The summed E-state index contributed by atoms with van der Waals surface area (Å²) in [4.78, 5) is 17.2. The van der Waals surface area contributed by atoms with E-state index in [0.29, 0.717) is 17.2 Å². The molecule has 9 heteroatoms. The van der Waals surface area contributed by atoms with Crippen LogP contribution in [0.5, 0.6) is 0 Å². The molecule has 30 heavy (non-hydrogen) atoms. The Balaban J connectivity index is 1.44. The topological polar surface area (TPSA) is 91.4 Å². The number of carbonyl (C=O) groups excluding carboxylic acids is 1. The molecule has 0 unspecified atom stereocenters. The molecule has 0 aliphatic carbocycles. The van der Waals surface area contributed by atoms with Crippen molar-refractivity contribution in [3.63, 3.8) is 0 Å². The van der Waals surface area contributed by atoms with Crippen LogP contribution in [0, 0.1) is 6.92 Å². The molecule has 0 saturated carbocycles. The number of nitrogens with one attached hydrogen (secondary N) is 2. The molecule has 3 aromatic rings. The van der Waals surface area contributed by atoms with Gasteiger partial charge in [-0.15, -0.1) is 0 Å². The zero-order valence-electron chi connectivity index (χ0n) is 16.9.